The van der Waals surface area contributed by atoms with E-state index >= 15 is 0 Å². The molecule has 1 aliphatic carbocycles. The summed E-state index contributed by atoms with van der Waals surface area (Å²) < 4.78 is 80.4. The lowest BCUT2D eigenvalue weighted by molar-refractivity contribution is -0.143. The van der Waals surface area contributed by atoms with E-state index in [4.69, 9.17) is 0 Å². The number of fused-ring (bicyclic) bond motifs is 1. The van der Waals surface area contributed by atoms with E-state index in [1.807, 2.05) is 42.5 Å². The summed E-state index contributed by atoms with van der Waals surface area (Å²) >= 11 is 0. The highest BCUT2D eigenvalue weighted by atomic mass is 19.4. The molecule has 0 radical (unpaired) electrons. The van der Waals surface area contributed by atoms with Gasteiger partial charge >= 0.3 is 12.4 Å². The molecule has 1 atom stereocenters. The third kappa shape index (κ3) is 7.22. The topological polar surface area (TPSA) is 49.4 Å². The highest BCUT2D eigenvalue weighted by Gasteiger charge is 2.38. The summed E-state index contributed by atoms with van der Waals surface area (Å²) in [6.45, 7) is 0. The van der Waals surface area contributed by atoms with Crippen molar-refractivity contribution < 1.29 is 35.9 Å². The highest BCUT2D eigenvalue weighted by Crippen LogP contribution is 2.36. The van der Waals surface area contributed by atoms with Crippen LogP contribution in [0.15, 0.2) is 72.8 Å². The average Bonchev–Trinajstić information content (AvgIpc) is 3.41. The summed E-state index contributed by atoms with van der Waals surface area (Å²) in [4.78, 5) is 26.9. The molecular weight excluding hydrogens is 534 g/mol. The zero-order valence-corrected chi connectivity index (χ0v) is 21.6. The van der Waals surface area contributed by atoms with Crippen molar-refractivity contribution in [2.24, 2.45) is 0 Å². The van der Waals surface area contributed by atoms with Crippen LogP contribution < -0.4 is 5.32 Å². The van der Waals surface area contributed by atoms with Crippen molar-refractivity contribution in [3.05, 3.63) is 95.1 Å². The largest absolute Gasteiger partial charge is 0.416 e. The number of nitrogens with one attached hydrogen (secondary N) is 1. The van der Waals surface area contributed by atoms with Crippen molar-refractivity contribution in [1.29, 1.82) is 0 Å². The number of likely N-dealkylation sites (N-methyl/N-ethyl adjacent to an activating group) is 1. The summed E-state index contributed by atoms with van der Waals surface area (Å²) in [6.07, 6.45) is -3.55. The quantitative estimate of drug-likeness (QED) is 0.245. The molecule has 0 heterocycles. The second-order valence-corrected chi connectivity index (χ2v) is 10.0. The van der Waals surface area contributed by atoms with E-state index in [1.54, 1.807) is 0 Å². The lowest BCUT2D eigenvalue weighted by atomic mass is 9.99. The van der Waals surface area contributed by atoms with Gasteiger partial charge in [0, 0.05) is 24.7 Å². The Hall–Kier alpha value is -3.82. The van der Waals surface area contributed by atoms with Crippen molar-refractivity contribution in [3.63, 3.8) is 0 Å². The standard InChI is InChI=1S/C30H28F6N2O2/c1-38(28(40)22-16-23(29(31,32)33)18-24(17-22)30(34,35)36)26(12-13-27(39)37-25-8-4-5-9-25)15-19-10-11-20-6-2-3-7-21(20)14-19/h2-3,6-7,10-14,16-18,25-26H,4-5,8-9,15H2,1H3,(H,37,39). The maximum absolute atomic E-state index is 13.4. The van der Waals surface area contributed by atoms with Gasteiger partial charge in [-0.3, -0.25) is 9.59 Å². The van der Waals surface area contributed by atoms with Crippen LogP contribution in [0.4, 0.5) is 26.3 Å². The van der Waals surface area contributed by atoms with E-state index in [-0.39, 0.29) is 24.4 Å². The molecule has 1 fully saturated rings. The van der Waals surface area contributed by atoms with Crippen LogP contribution in [-0.2, 0) is 23.6 Å². The molecule has 3 aromatic carbocycles. The molecule has 2 amide bonds. The maximum atomic E-state index is 13.4. The molecule has 1 N–H and O–H groups in total. The molecule has 1 saturated carbocycles. The molecule has 0 bridgehead atoms. The van der Waals surface area contributed by atoms with Crippen molar-refractivity contribution >= 4 is 22.6 Å². The van der Waals surface area contributed by atoms with Crippen LogP contribution in [0.1, 0.15) is 52.7 Å². The normalized spacial score (nSPS) is 15.5. The number of benzene rings is 3. The van der Waals surface area contributed by atoms with Gasteiger partial charge in [-0.2, -0.15) is 26.3 Å². The molecule has 1 unspecified atom stereocenters. The van der Waals surface area contributed by atoms with E-state index < -0.39 is 41.0 Å². The van der Waals surface area contributed by atoms with Crippen molar-refractivity contribution in [2.45, 2.75) is 56.5 Å². The first kappa shape index (κ1) is 29.2. The number of alkyl halides is 6. The van der Waals surface area contributed by atoms with E-state index in [9.17, 15) is 35.9 Å². The molecule has 4 nitrogen and oxygen atoms in total. The fraction of sp³-hybridized carbons (Fsp3) is 0.333. The third-order valence-corrected chi connectivity index (χ3v) is 7.08. The summed E-state index contributed by atoms with van der Waals surface area (Å²) in [6, 6.07) is 13.2. The number of carbonyl (C=O) groups is 2. The van der Waals surface area contributed by atoms with Crippen LogP contribution in [0.5, 0.6) is 0 Å². The number of hydrogen-bond acceptors (Lipinski definition) is 2. The molecule has 0 saturated heterocycles. The molecule has 1 aliphatic rings. The first-order chi connectivity index (χ1) is 18.8. The van der Waals surface area contributed by atoms with E-state index in [0.29, 0.717) is 12.1 Å². The Kier molecular flexibility index (Phi) is 8.56. The fourth-order valence-corrected chi connectivity index (χ4v) is 4.89. The highest BCUT2D eigenvalue weighted by molar-refractivity contribution is 5.95. The fourth-order valence-electron chi connectivity index (χ4n) is 4.89. The van der Waals surface area contributed by atoms with Gasteiger partial charge in [0.15, 0.2) is 0 Å². The molecule has 10 heteroatoms. The molecule has 40 heavy (non-hydrogen) atoms. The lowest BCUT2D eigenvalue weighted by Crippen LogP contribution is -2.38. The molecule has 0 aromatic heterocycles. The van der Waals surface area contributed by atoms with E-state index in [1.165, 1.54) is 19.2 Å². The molecule has 4 rings (SSSR count). The Balaban J connectivity index is 1.66. The van der Waals surface area contributed by atoms with Gasteiger partial charge in [-0.15, -0.1) is 0 Å². The summed E-state index contributed by atoms with van der Waals surface area (Å²) in [5.41, 5.74) is -3.13. The minimum Gasteiger partial charge on any atom is -0.350 e. The number of nitrogens with zero attached hydrogens (tertiary/aromatic N) is 1. The van der Waals surface area contributed by atoms with Crippen LogP contribution >= 0.6 is 0 Å². The summed E-state index contributed by atoms with van der Waals surface area (Å²) in [7, 11) is 1.29. The minimum absolute atomic E-state index is 0.0173. The zero-order valence-electron chi connectivity index (χ0n) is 21.6. The predicted octanol–water partition coefficient (Wildman–Crippen LogP) is 7.18. The van der Waals surface area contributed by atoms with Gasteiger partial charge in [0.05, 0.1) is 17.2 Å². The van der Waals surface area contributed by atoms with E-state index in [0.717, 1.165) is 46.9 Å². The summed E-state index contributed by atoms with van der Waals surface area (Å²) in [5, 5.41) is 4.79. The third-order valence-electron chi connectivity index (χ3n) is 7.08. The number of halogens is 6. The van der Waals surface area contributed by atoms with Gasteiger partial charge in [0.2, 0.25) is 5.91 Å². The summed E-state index contributed by atoms with van der Waals surface area (Å²) in [5.74, 6) is -1.42. The number of rotatable bonds is 7. The maximum Gasteiger partial charge on any atom is 0.416 e. The lowest BCUT2D eigenvalue weighted by Gasteiger charge is -2.27. The second-order valence-electron chi connectivity index (χ2n) is 10.0. The van der Waals surface area contributed by atoms with Crippen LogP contribution in [0.25, 0.3) is 10.8 Å². The van der Waals surface area contributed by atoms with Crippen LogP contribution in [0.3, 0.4) is 0 Å². The van der Waals surface area contributed by atoms with Gasteiger partial charge < -0.3 is 10.2 Å². The second kappa shape index (κ2) is 11.7. The smallest absolute Gasteiger partial charge is 0.350 e. The Labute approximate surface area is 227 Å². The van der Waals surface area contributed by atoms with Gasteiger partial charge in [0.25, 0.3) is 5.91 Å². The van der Waals surface area contributed by atoms with Gasteiger partial charge in [0.1, 0.15) is 0 Å². The Morgan fingerprint density at radius 3 is 2.10 bits per heavy atom. The Morgan fingerprint density at radius 2 is 1.50 bits per heavy atom. The Bertz CT molecular complexity index is 1380. The SMILES string of the molecule is CN(C(=O)c1cc(C(F)(F)F)cc(C(F)(F)F)c1)C(C=CC(=O)NC1CCCC1)Cc1ccc2ccccc2c1. The molecule has 0 aliphatic heterocycles. The van der Waals surface area contributed by atoms with Gasteiger partial charge in [-0.1, -0.05) is 61.4 Å². The molecular formula is C30H28F6N2O2. The Morgan fingerprint density at radius 1 is 0.900 bits per heavy atom. The van der Waals surface area contributed by atoms with Crippen LogP contribution in [0.2, 0.25) is 0 Å². The first-order valence-corrected chi connectivity index (χ1v) is 12.8. The monoisotopic (exact) mass is 562 g/mol. The molecule has 212 valence electrons. The number of carbonyl (C=O) groups excluding carboxylic acids is 2. The van der Waals surface area contributed by atoms with Gasteiger partial charge in [-0.25, -0.2) is 0 Å². The average molecular weight is 563 g/mol. The first-order valence-electron chi connectivity index (χ1n) is 12.8. The zero-order chi connectivity index (χ0) is 29.1. The van der Waals surface area contributed by atoms with E-state index in [2.05, 4.69) is 5.32 Å². The minimum atomic E-state index is -5.09. The van der Waals surface area contributed by atoms with Crippen molar-refractivity contribution in [2.75, 3.05) is 7.05 Å². The van der Waals surface area contributed by atoms with Gasteiger partial charge in [-0.05, 0) is 53.8 Å². The van der Waals surface area contributed by atoms with Crippen LogP contribution in [0, 0.1) is 0 Å². The molecule has 3 aromatic rings. The van der Waals surface area contributed by atoms with Crippen LogP contribution in [-0.4, -0.2) is 35.8 Å². The number of hydrogen-bond donors (Lipinski definition) is 1. The van der Waals surface area contributed by atoms with Crippen molar-refractivity contribution in [3.8, 4) is 0 Å². The molecule has 0 spiro atoms. The number of amides is 2. The predicted molar refractivity (Wildman–Crippen MR) is 140 cm³/mol. The van der Waals surface area contributed by atoms with Crippen molar-refractivity contribution in [1.82, 2.24) is 10.2 Å².